The summed E-state index contributed by atoms with van der Waals surface area (Å²) in [5.41, 5.74) is 2.17. The molecule has 2 aromatic rings. The van der Waals surface area contributed by atoms with Crippen LogP contribution in [0.15, 0.2) is 61.2 Å². The first-order valence-corrected chi connectivity index (χ1v) is 9.09. The molecule has 142 valence electrons. The molecule has 1 atom stereocenters. The highest BCUT2D eigenvalue weighted by molar-refractivity contribution is 6.32. The molecule has 0 radical (unpaired) electrons. The summed E-state index contributed by atoms with van der Waals surface area (Å²) in [5.74, 6) is -0.340. The van der Waals surface area contributed by atoms with Crippen LogP contribution >= 0.6 is 0 Å². The fourth-order valence-electron chi connectivity index (χ4n) is 3.29. The maximum absolute atomic E-state index is 13.1. The van der Waals surface area contributed by atoms with Crippen LogP contribution in [0, 0.1) is 5.41 Å². The van der Waals surface area contributed by atoms with Gasteiger partial charge in [-0.2, -0.15) is 0 Å². The summed E-state index contributed by atoms with van der Waals surface area (Å²) in [5, 5.41) is 14.0. The molecule has 1 aliphatic heterocycles. The van der Waals surface area contributed by atoms with Crippen molar-refractivity contribution in [1.29, 1.82) is 5.41 Å². The van der Waals surface area contributed by atoms with Crippen LogP contribution in [-0.4, -0.2) is 37.1 Å². The minimum atomic E-state index is -0.984. The minimum Gasteiger partial charge on any atom is -0.349 e. The van der Waals surface area contributed by atoms with Crippen LogP contribution in [0.4, 0.5) is 0 Å². The van der Waals surface area contributed by atoms with Gasteiger partial charge in [-0.25, -0.2) is 0 Å². The monoisotopic (exact) mass is 374 g/mol. The van der Waals surface area contributed by atoms with Crippen molar-refractivity contribution >= 4 is 31.1 Å². The maximum atomic E-state index is 13.1. The molecule has 1 fully saturated rings. The van der Waals surface area contributed by atoms with E-state index in [1.54, 1.807) is 31.2 Å². The molecule has 1 aliphatic rings. The second kappa shape index (κ2) is 7.72. The number of rotatable bonds is 6. The molecular weight excluding hydrogens is 351 g/mol. The molecule has 2 amide bonds. The Morgan fingerprint density at radius 2 is 2.07 bits per heavy atom. The smallest absolute Gasteiger partial charge is 0.259 e. The van der Waals surface area contributed by atoms with Gasteiger partial charge >= 0.3 is 0 Å². The van der Waals surface area contributed by atoms with E-state index in [1.807, 2.05) is 38.2 Å². The molecule has 28 heavy (non-hydrogen) atoms. The molecule has 0 aromatic heterocycles. The highest BCUT2D eigenvalue weighted by Gasteiger charge is 2.47. The van der Waals surface area contributed by atoms with Gasteiger partial charge in [-0.15, -0.1) is 6.58 Å². The number of amides is 2. The van der Waals surface area contributed by atoms with Crippen molar-refractivity contribution in [1.82, 2.24) is 15.5 Å². The second-order valence-corrected chi connectivity index (χ2v) is 7.06. The fourth-order valence-corrected chi connectivity index (χ4v) is 3.29. The van der Waals surface area contributed by atoms with Crippen molar-refractivity contribution < 1.29 is 9.59 Å². The van der Waals surface area contributed by atoms with Crippen LogP contribution in [0.1, 0.15) is 28.4 Å². The average Bonchev–Trinajstić information content (AvgIpc) is 2.90. The van der Waals surface area contributed by atoms with Gasteiger partial charge in [0.05, 0.1) is 6.54 Å². The van der Waals surface area contributed by atoms with E-state index in [1.165, 1.54) is 4.90 Å². The van der Waals surface area contributed by atoms with Crippen LogP contribution in [-0.2, 0) is 16.9 Å². The van der Waals surface area contributed by atoms with Crippen molar-refractivity contribution in [2.75, 3.05) is 6.54 Å². The summed E-state index contributed by atoms with van der Waals surface area (Å²) in [6.45, 7) is 5.98. The van der Waals surface area contributed by atoms with E-state index < -0.39 is 5.54 Å². The highest BCUT2D eigenvalue weighted by atomic mass is 16.2. The quantitative estimate of drug-likeness (QED) is 0.513. The first-order chi connectivity index (χ1) is 13.3. The number of hydrogen-bond donors (Lipinski definition) is 3. The largest absolute Gasteiger partial charge is 0.349 e. The van der Waals surface area contributed by atoms with E-state index in [0.717, 1.165) is 16.6 Å². The number of nitrogens with zero attached hydrogens (tertiary/aromatic N) is 1. The predicted molar refractivity (Wildman–Crippen MR) is 112 cm³/mol. The molecule has 0 spiro atoms. The zero-order chi connectivity index (χ0) is 20.3. The molecule has 1 saturated heterocycles. The summed E-state index contributed by atoms with van der Waals surface area (Å²) in [7, 11) is 1.97. The Balaban J connectivity index is 1.82. The molecule has 1 heterocycles. The first-order valence-electron chi connectivity index (χ1n) is 9.09. The van der Waals surface area contributed by atoms with Crippen molar-refractivity contribution in [2.24, 2.45) is 0 Å². The lowest BCUT2D eigenvalue weighted by atomic mass is 9.86. The van der Waals surface area contributed by atoms with E-state index in [2.05, 4.69) is 17.2 Å². The summed E-state index contributed by atoms with van der Waals surface area (Å²) in [4.78, 5) is 26.7. The number of carbonyl (C=O) groups is 2. The van der Waals surface area contributed by atoms with Gasteiger partial charge in [-0.05, 0) is 30.2 Å². The standard InChI is InChI=1S/C21H23BN4O2/c1-3-10-24-18(27)15-7-4-6-14(11-15)13-26-19(28)21(2,25-20(26)23)16-8-5-9-17(22)12-16/h3-9,11-12H,1,10,13,22H2,2H3,(H2,23,25)(H,24,27). The fraction of sp³-hybridized carbons (Fsp3) is 0.190. The van der Waals surface area contributed by atoms with Crippen molar-refractivity contribution in [3.63, 3.8) is 0 Å². The van der Waals surface area contributed by atoms with E-state index in [-0.39, 0.29) is 24.3 Å². The lowest BCUT2D eigenvalue weighted by Gasteiger charge is -2.23. The number of guanidine groups is 1. The van der Waals surface area contributed by atoms with Crippen LogP contribution in [0.5, 0.6) is 0 Å². The van der Waals surface area contributed by atoms with E-state index in [0.29, 0.717) is 12.1 Å². The van der Waals surface area contributed by atoms with Gasteiger partial charge in [0.15, 0.2) is 5.96 Å². The number of benzene rings is 2. The van der Waals surface area contributed by atoms with Crippen LogP contribution < -0.4 is 16.1 Å². The minimum absolute atomic E-state index is 0.0514. The molecule has 3 rings (SSSR count). The maximum Gasteiger partial charge on any atom is 0.259 e. The summed E-state index contributed by atoms with van der Waals surface area (Å²) < 4.78 is 0. The third kappa shape index (κ3) is 3.69. The normalized spacial score (nSPS) is 18.7. The molecule has 6 nitrogen and oxygen atoms in total. The van der Waals surface area contributed by atoms with Gasteiger partial charge < -0.3 is 10.6 Å². The molecule has 3 N–H and O–H groups in total. The number of nitrogens with one attached hydrogen (secondary N) is 3. The third-order valence-corrected chi connectivity index (χ3v) is 4.84. The molecule has 0 bridgehead atoms. The predicted octanol–water partition coefficient (Wildman–Crippen LogP) is 0.643. The summed E-state index contributed by atoms with van der Waals surface area (Å²) in [6.07, 6.45) is 1.61. The van der Waals surface area contributed by atoms with Gasteiger partial charge in [0.1, 0.15) is 13.4 Å². The van der Waals surface area contributed by atoms with Crippen LogP contribution in [0.25, 0.3) is 0 Å². The Morgan fingerprint density at radius 3 is 2.79 bits per heavy atom. The van der Waals surface area contributed by atoms with Gasteiger partial charge in [-0.3, -0.25) is 19.9 Å². The summed E-state index contributed by atoms with van der Waals surface area (Å²) >= 11 is 0. The molecule has 0 aliphatic carbocycles. The van der Waals surface area contributed by atoms with E-state index in [4.69, 9.17) is 5.41 Å². The van der Waals surface area contributed by atoms with Crippen molar-refractivity contribution in [3.8, 4) is 0 Å². The topological polar surface area (TPSA) is 85.3 Å². The number of hydrogen-bond acceptors (Lipinski definition) is 3. The zero-order valence-electron chi connectivity index (χ0n) is 16.1. The van der Waals surface area contributed by atoms with Crippen molar-refractivity contribution in [2.45, 2.75) is 19.0 Å². The average molecular weight is 374 g/mol. The lowest BCUT2D eigenvalue weighted by Crippen LogP contribution is -2.41. The van der Waals surface area contributed by atoms with E-state index in [9.17, 15) is 9.59 Å². The lowest BCUT2D eigenvalue weighted by molar-refractivity contribution is -0.131. The highest BCUT2D eigenvalue weighted by Crippen LogP contribution is 2.29. The Labute approximate surface area is 165 Å². The molecular formula is C21H23BN4O2. The Bertz CT molecular complexity index is 959. The molecule has 2 aromatic carbocycles. The van der Waals surface area contributed by atoms with Crippen LogP contribution in [0.3, 0.4) is 0 Å². The molecule has 1 unspecified atom stereocenters. The molecule has 7 heteroatoms. The molecule has 0 saturated carbocycles. The van der Waals surface area contributed by atoms with E-state index >= 15 is 0 Å². The SMILES string of the molecule is Bc1cccc(C2(C)NC(=N)N(Cc3cccc(C(=O)NCC=C)c3)C2=O)c1. The van der Waals surface area contributed by atoms with Gasteiger partial charge in [0, 0.05) is 12.1 Å². The van der Waals surface area contributed by atoms with Gasteiger partial charge in [0.2, 0.25) is 0 Å². The van der Waals surface area contributed by atoms with Gasteiger partial charge in [-0.1, -0.05) is 47.9 Å². The zero-order valence-corrected chi connectivity index (χ0v) is 16.1. The number of carbonyl (C=O) groups excluding carboxylic acids is 2. The Hall–Kier alpha value is -3.35. The Kier molecular flexibility index (Phi) is 5.35. The summed E-state index contributed by atoms with van der Waals surface area (Å²) in [6, 6.07) is 14.8. The van der Waals surface area contributed by atoms with Crippen molar-refractivity contribution in [3.05, 3.63) is 77.9 Å². The van der Waals surface area contributed by atoms with Crippen LogP contribution in [0.2, 0.25) is 0 Å². The second-order valence-electron chi connectivity index (χ2n) is 7.06. The first kappa shape index (κ1) is 19.4. The van der Waals surface area contributed by atoms with Gasteiger partial charge in [0.25, 0.3) is 11.8 Å². The Morgan fingerprint density at radius 1 is 1.32 bits per heavy atom. The third-order valence-electron chi connectivity index (χ3n) is 4.84.